The summed E-state index contributed by atoms with van der Waals surface area (Å²) in [5, 5.41) is 3.60. The molecule has 6 heteroatoms. The Bertz CT molecular complexity index is 840. The van der Waals surface area contributed by atoms with Gasteiger partial charge in [0.15, 0.2) is 4.77 Å². The van der Waals surface area contributed by atoms with Gasteiger partial charge in [-0.15, -0.1) is 0 Å². The highest BCUT2D eigenvalue weighted by molar-refractivity contribution is 7.71. The normalized spacial score (nSPS) is 21.3. The second-order valence-electron chi connectivity index (χ2n) is 6.30. The van der Waals surface area contributed by atoms with Crippen molar-refractivity contribution in [2.45, 2.75) is 45.2 Å². The third kappa shape index (κ3) is 3.37. The molecule has 1 amide bonds. The molecule has 0 spiro atoms. The third-order valence-electron chi connectivity index (χ3n) is 4.65. The van der Waals surface area contributed by atoms with Gasteiger partial charge in [-0.25, -0.2) is 0 Å². The van der Waals surface area contributed by atoms with E-state index in [4.69, 9.17) is 12.2 Å². The minimum absolute atomic E-state index is 0.0395. The van der Waals surface area contributed by atoms with Gasteiger partial charge in [-0.2, -0.15) is 0 Å². The molecular weight excluding hydrogens is 310 g/mol. The molecule has 5 nitrogen and oxygen atoms in total. The van der Waals surface area contributed by atoms with Crippen LogP contribution in [0.3, 0.4) is 0 Å². The lowest BCUT2D eigenvalue weighted by Gasteiger charge is -2.29. The number of nitrogens with zero attached hydrogens (tertiary/aromatic N) is 1. The van der Waals surface area contributed by atoms with Crippen LogP contribution in [0, 0.1) is 10.7 Å². The summed E-state index contributed by atoms with van der Waals surface area (Å²) in [5.74, 6) is 0.330. The summed E-state index contributed by atoms with van der Waals surface area (Å²) in [7, 11) is 0. The zero-order valence-electron chi connectivity index (χ0n) is 13.2. The lowest BCUT2D eigenvalue weighted by molar-refractivity contribution is -0.123. The molecule has 1 aliphatic rings. The molecule has 1 saturated carbocycles. The van der Waals surface area contributed by atoms with Gasteiger partial charge in [-0.05, 0) is 43.1 Å². The van der Waals surface area contributed by atoms with E-state index in [0.29, 0.717) is 16.8 Å². The Morgan fingerprint density at radius 1 is 1.35 bits per heavy atom. The Kier molecular flexibility index (Phi) is 4.61. The van der Waals surface area contributed by atoms with Gasteiger partial charge >= 0.3 is 0 Å². The highest BCUT2D eigenvalue weighted by atomic mass is 32.1. The molecule has 2 N–H and O–H groups in total. The van der Waals surface area contributed by atoms with Crippen molar-refractivity contribution >= 4 is 29.0 Å². The first-order valence-electron chi connectivity index (χ1n) is 8.07. The molecule has 0 aliphatic heterocycles. The lowest BCUT2D eigenvalue weighted by Crippen LogP contribution is -2.43. The lowest BCUT2D eigenvalue weighted by atomic mass is 9.86. The Balaban J connectivity index is 1.82. The van der Waals surface area contributed by atoms with Gasteiger partial charge in [-0.3, -0.25) is 14.2 Å². The van der Waals surface area contributed by atoms with Gasteiger partial charge in [0.2, 0.25) is 5.91 Å². The molecule has 23 heavy (non-hydrogen) atoms. The third-order valence-corrected chi connectivity index (χ3v) is 4.97. The van der Waals surface area contributed by atoms with Gasteiger partial charge in [0.1, 0.15) is 6.54 Å². The predicted octanol–water partition coefficient (Wildman–Crippen LogP) is 2.75. The summed E-state index contributed by atoms with van der Waals surface area (Å²) >= 11 is 5.24. The fourth-order valence-corrected chi connectivity index (χ4v) is 3.53. The number of H-pyrrole nitrogens is 1. The number of rotatable bonds is 3. The maximum atomic E-state index is 12.5. The molecule has 0 radical (unpaired) electrons. The van der Waals surface area contributed by atoms with Gasteiger partial charge in [0, 0.05) is 6.04 Å². The van der Waals surface area contributed by atoms with Crippen molar-refractivity contribution in [3.05, 3.63) is 39.4 Å². The maximum Gasteiger partial charge on any atom is 0.262 e. The molecule has 1 heterocycles. The van der Waals surface area contributed by atoms with E-state index in [1.54, 1.807) is 18.2 Å². The number of amides is 1. The molecule has 1 aromatic heterocycles. The minimum Gasteiger partial charge on any atom is -0.352 e. The predicted molar refractivity (Wildman–Crippen MR) is 93.0 cm³/mol. The van der Waals surface area contributed by atoms with E-state index in [-0.39, 0.29) is 28.8 Å². The molecule has 122 valence electrons. The molecule has 2 unspecified atom stereocenters. The van der Waals surface area contributed by atoms with Crippen LogP contribution in [0.5, 0.6) is 0 Å². The second kappa shape index (κ2) is 6.66. The number of hydrogen-bond donors (Lipinski definition) is 2. The quantitative estimate of drug-likeness (QED) is 0.850. The Morgan fingerprint density at radius 3 is 2.87 bits per heavy atom. The molecule has 1 aromatic carbocycles. The Morgan fingerprint density at radius 2 is 2.09 bits per heavy atom. The van der Waals surface area contributed by atoms with Crippen molar-refractivity contribution in [1.82, 2.24) is 14.9 Å². The van der Waals surface area contributed by atoms with Crippen LogP contribution in [-0.4, -0.2) is 21.5 Å². The number of fused-ring (bicyclic) bond motifs is 1. The number of benzene rings is 1. The number of carbonyl (C=O) groups is 1. The van der Waals surface area contributed by atoms with Crippen LogP contribution >= 0.6 is 12.2 Å². The first-order valence-corrected chi connectivity index (χ1v) is 8.48. The minimum atomic E-state index is -0.226. The van der Waals surface area contributed by atoms with Crippen LogP contribution in [0.15, 0.2) is 29.1 Å². The van der Waals surface area contributed by atoms with Crippen molar-refractivity contribution in [2.24, 2.45) is 5.92 Å². The molecule has 0 saturated heterocycles. The molecule has 0 bridgehead atoms. The largest absolute Gasteiger partial charge is 0.352 e. The summed E-state index contributed by atoms with van der Waals surface area (Å²) in [6.45, 7) is 2.13. The van der Waals surface area contributed by atoms with Crippen LogP contribution in [-0.2, 0) is 11.3 Å². The fourth-order valence-electron chi connectivity index (χ4n) is 3.27. The molecule has 3 rings (SSSR count). The van der Waals surface area contributed by atoms with Crippen LogP contribution in [0.1, 0.15) is 32.6 Å². The zero-order valence-corrected chi connectivity index (χ0v) is 14.0. The van der Waals surface area contributed by atoms with Crippen LogP contribution in [0.4, 0.5) is 0 Å². The summed E-state index contributed by atoms with van der Waals surface area (Å²) in [4.78, 5) is 27.9. The van der Waals surface area contributed by atoms with E-state index in [1.165, 1.54) is 11.0 Å². The Labute approximate surface area is 139 Å². The monoisotopic (exact) mass is 331 g/mol. The first-order chi connectivity index (χ1) is 11.1. The SMILES string of the molecule is CC1CCCCC1NC(=O)Cn1c(=S)[nH]c2ccccc2c1=O. The second-order valence-corrected chi connectivity index (χ2v) is 6.69. The molecular formula is C17H21N3O2S. The number of hydrogen-bond acceptors (Lipinski definition) is 3. The smallest absolute Gasteiger partial charge is 0.262 e. The number of para-hydroxylation sites is 1. The highest BCUT2D eigenvalue weighted by Crippen LogP contribution is 2.23. The number of nitrogens with one attached hydrogen (secondary N) is 2. The average Bonchev–Trinajstić information content (AvgIpc) is 2.54. The van der Waals surface area contributed by atoms with Crippen molar-refractivity contribution < 1.29 is 4.79 Å². The Hall–Kier alpha value is -1.95. The average molecular weight is 331 g/mol. The van der Waals surface area contributed by atoms with Gasteiger partial charge < -0.3 is 10.3 Å². The van der Waals surface area contributed by atoms with Crippen molar-refractivity contribution in [3.63, 3.8) is 0 Å². The number of aromatic nitrogens is 2. The topological polar surface area (TPSA) is 66.9 Å². The fraction of sp³-hybridized carbons (Fsp3) is 0.471. The summed E-state index contributed by atoms with van der Waals surface area (Å²) in [5.41, 5.74) is 0.469. The molecule has 2 aromatic rings. The van der Waals surface area contributed by atoms with E-state index in [2.05, 4.69) is 17.2 Å². The van der Waals surface area contributed by atoms with Gasteiger partial charge in [-0.1, -0.05) is 31.9 Å². The summed E-state index contributed by atoms with van der Waals surface area (Å²) < 4.78 is 1.61. The maximum absolute atomic E-state index is 12.5. The highest BCUT2D eigenvalue weighted by Gasteiger charge is 2.23. The molecule has 2 atom stereocenters. The standard InChI is InChI=1S/C17H21N3O2S/c1-11-6-2-4-8-13(11)18-15(21)10-20-16(22)12-7-3-5-9-14(12)19-17(20)23/h3,5,7,9,11,13H,2,4,6,8,10H2,1H3,(H,18,21)(H,19,23). The van der Waals surface area contributed by atoms with Crippen LogP contribution in [0.2, 0.25) is 0 Å². The van der Waals surface area contributed by atoms with E-state index in [0.717, 1.165) is 19.3 Å². The van der Waals surface area contributed by atoms with E-state index >= 15 is 0 Å². The summed E-state index contributed by atoms with van der Waals surface area (Å²) in [6, 6.07) is 7.38. The van der Waals surface area contributed by atoms with E-state index in [9.17, 15) is 9.59 Å². The van der Waals surface area contributed by atoms with Crippen LogP contribution in [0.25, 0.3) is 10.9 Å². The van der Waals surface area contributed by atoms with Gasteiger partial charge in [0.05, 0.1) is 10.9 Å². The summed E-state index contributed by atoms with van der Waals surface area (Å²) in [6.07, 6.45) is 4.52. The van der Waals surface area contributed by atoms with E-state index < -0.39 is 0 Å². The number of aromatic amines is 1. The van der Waals surface area contributed by atoms with Crippen molar-refractivity contribution in [2.75, 3.05) is 0 Å². The van der Waals surface area contributed by atoms with Gasteiger partial charge in [0.25, 0.3) is 5.56 Å². The van der Waals surface area contributed by atoms with E-state index in [1.807, 2.05) is 6.07 Å². The van der Waals surface area contributed by atoms with Crippen molar-refractivity contribution in [1.29, 1.82) is 0 Å². The number of carbonyl (C=O) groups excluding carboxylic acids is 1. The molecule has 1 fully saturated rings. The van der Waals surface area contributed by atoms with Crippen molar-refractivity contribution in [3.8, 4) is 0 Å². The molecule has 1 aliphatic carbocycles. The zero-order chi connectivity index (χ0) is 16.4. The van der Waals surface area contributed by atoms with Crippen LogP contribution < -0.4 is 10.9 Å². The first kappa shape index (κ1) is 15.9.